The lowest BCUT2D eigenvalue weighted by Crippen LogP contribution is -2.32. The molecule has 122 valence electrons. The minimum Gasteiger partial charge on any atom is -0.444 e. The number of carbonyl (C=O) groups is 1. The van der Waals surface area contributed by atoms with Crippen LogP contribution in [-0.4, -0.2) is 34.6 Å². The van der Waals surface area contributed by atoms with Crippen LogP contribution in [0.3, 0.4) is 0 Å². The predicted octanol–water partition coefficient (Wildman–Crippen LogP) is 3.12. The zero-order chi connectivity index (χ0) is 16.0. The number of nitrogens with one attached hydrogen (secondary N) is 1. The van der Waals surface area contributed by atoms with Gasteiger partial charge in [0, 0.05) is 24.9 Å². The van der Waals surface area contributed by atoms with E-state index in [2.05, 4.69) is 10.4 Å². The standard InChI is InChI=1S/C16H25N3O3/c1-16(2,3)22-15(20)17-9-6-7-13-11-18-19(12-13)14-8-4-5-10-21-14/h6-7,11-12,14H,4-5,8-10H2,1-3H3,(H,17,20)/t14-/m0/s1. The molecule has 0 unspecified atom stereocenters. The molecule has 1 saturated heterocycles. The summed E-state index contributed by atoms with van der Waals surface area (Å²) >= 11 is 0. The summed E-state index contributed by atoms with van der Waals surface area (Å²) in [5, 5.41) is 7.01. The Bertz CT molecular complexity index is 511. The van der Waals surface area contributed by atoms with Crippen molar-refractivity contribution in [2.24, 2.45) is 0 Å². The predicted molar refractivity (Wildman–Crippen MR) is 84.3 cm³/mol. The Kier molecular flexibility index (Phi) is 5.60. The number of hydrogen-bond acceptors (Lipinski definition) is 4. The van der Waals surface area contributed by atoms with E-state index in [9.17, 15) is 4.79 Å². The van der Waals surface area contributed by atoms with Gasteiger partial charge in [-0.1, -0.05) is 12.2 Å². The quantitative estimate of drug-likeness (QED) is 0.928. The highest BCUT2D eigenvalue weighted by molar-refractivity contribution is 5.68. The Morgan fingerprint density at radius 3 is 3.05 bits per heavy atom. The second-order valence-electron chi connectivity index (χ2n) is 6.36. The van der Waals surface area contributed by atoms with Gasteiger partial charge in [-0.05, 0) is 40.0 Å². The van der Waals surface area contributed by atoms with Gasteiger partial charge in [0.2, 0.25) is 0 Å². The molecule has 2 rings (SSSR count). The molecule has 0 aliphatic carbocycles. The topological polar surface area (TPSA) is 65.4 Å². The first-order valence-corrected chi connectivity index (χ1v) is 7.73. The van der Waals surface area contributed by atoms with Crippen molar-refractivity contribution in [3.63, 3.8) is 0 Å². The first-order valence-electron chi connectivity index (χ1n) is 7.73. The Labute approximate surface area is 131 Å². The smallest absolute Gasteiger partial charge is 0.407 e. The van der Waals surface area contributed by atoms with Crippen molar-refractivity contribution < 1.29 is 14.3 Å². The summed E-state index contributed by atoms with van der Waals surface area (Å²) in [5.74, 6) is 0. The van der Waals surface area contributed by atoms with Crippen molar-refractivity contribution in [3.8, 4) is 0 Å². The van der Waals surface area contributed by atoms with Gasteiger partial charge in [0.15, 0.2) is 0 Å². The lowest BCUT2D eigenvalue weighted by Gasteiger charge is -2.22. The van der Waals surface area contributed by atoms with E-state index in [0.29, 0.717) is 6.54 Å². The highest BCUT2D eigenvalue weighted by Gasteiger charge is 2.16. The molecule has 1 atom stereocenters. The van der Waals surface area contributed by atoms with Gasteiger partial charge >= 0.3 is 6.09 Å². The first-order chi connectivity index (χ1) is 10.4. The van der Waals surface area contributed by atoms with Gasteiger partial charge < -0.3 is 14.8 Å². The third-order valence-corrected chi connectivity index (χ3v) is 3.15. The van der Waals surface area contributed by atoms with Gasteiger partial charge in [0.05, 0.1) is 6.20 Å². The van der Waals surface area contributed by atoms with E-state index >= 15 is 0 Å². The summed E-state index contributed by atoms with van der Waals surface area (Å²) < 4.78 is 12.7. The van der Waals surface area contributed by atoms with Gasteiger partial charge in [-0.3, -0.25) is 0 Å². The first kappa shape index (κ1) is 16.5. The van der Waals surface area contributed by atoms with Crippen molar-refractivity contribution in [2.45, 2.75) is 51.9 Å². The SMILES string of the molecule is CC(C)(C)OC(=O)NCC=Cc1cnn([C@@H]2CCCCO2)c1. The van der Waals surface area contributed by atoms with E-state index in [1.165, 1.54) is 6.42 Å². The fraction of sp³-hybridized carbons (Fsp3) is 0.625. The molecular weight excluding hydrogens is 282 g/mol. The van der Waals surface area contributed by atoms with E-state index in [4.69, 9.17) is 9.47 Å². The third-order valence-electron chi connectivity index (χ3n) is 3.15. The van der Waals surface area contributed by atoms with Crippen LogP contribution in [0.2, 0.25) is 0 Å². The van der Waals surface area contributed by atoms with E-state index in [1.807, 2.05) is 43.8 Å². The molecule has 0 aromatic carbocycles. The molecular formula is C16H25N3O3. The Morgan fingerprint density at radius 2 is 2.36 bits per heavy atom. The largest absolute Gasteiger partial charge is 0.444 e. The van der Waals surface area contributed by atoms with E-state index < -0.39 is 11.7 Å². The van der Waals surface area contributed by atoms with Crippen LogP contribution in [0.25, 0.3) is 6.08 Å². The number of ether oxygens (including phenoxy) is 2. The molecule has 0 bridgehead atoms. The molecule has 0 spiro atoms. The van der Waals surface area contributed by atoms with Crippen molar-refractivity contribution in [3.05, 3.63) is 24.0 Å². The summed E-state index contributed by atoms with van der Waals surface area (Å²) in [6.45, 7) is 6.73. The molecule has 22 heavy (non-hydrogen) atoms. The molecule has 1 fully saturated rings. The number of nitrogens with zero attached hydrogens (tertiary/aromatic N) is 2. The van der Waals surface area contributed by atoms with Gasteiger partial charge in [-0.2, -0.15) is 5.10 Å². The Morgan fingerprint density at radius 1 is 1.55 bits per heavy atom. The average molecular weight is 307 g/mol. The Balaban J connectivity index is 1.76. The van der Waals surface area contributed by atoms with Crippen LogP contribution in [0.4, 0.5) is 4.79 Å². The number of amides is 1. The lowest BCUT2D eigenvalue weighted by atomic mass is 10.2. The number of aromatic nitrogens is 2. The zero-order valence-corrected chi connectivity index (χ0v) is 13.5. The van der Waals surface area contributed by atoms with Crippen LogP contribution in [-0.2, 0) is 9.47 Å². The maximum atomic E-state index is 11.5. The number of alkyl carbamates (subject to hydrolysis) is 1. The van der Waals surface area contributed by atoms with Gasteiger partial charge in [-0.25, -0.2) is 9.48 Å². The molecule has 1 aliphatic rings. The molecule has 6 heteroatoms. The van der Waals surface area contributed by atoms with Gasteiger partial charge in [0.1, 0.15) is 11.8 Å². The van der Waals surface area contributed by atoms with Crippen LogP contribution in [0, 0.1) is 0 Å². The summed E-state index contributed by atoms with van der Waals surface area (Å²) in [5.41, 5.74) is 0.509. The molecule has 1 amide bonds. The van der Waals surface area contributed by atoms with E-state index in [1.54, 1.807) is 6.20 Å². The number of rotatable bonds is 4. The van der Waals surface area contributed by atoms with Crippen LogP contribution >= 0.6 is 0 Å². The summed E-state index contributed by atoms with van der Waals surface area (Å²) in [6.07, 6.45) is 10.5. The second kappa shape index (κ2) is 7.45. The van der Waals surface area contributed by atoms with Crippen molar-refractivity contribution in [1.82, 2.24) is 15.1 Å². The summed E-state index contributed by atoms with van der Waals surface area (Å²) in [7, 11) is 0. The summed E-state index contributed by atoms with van der Waals surface area (Å²) in [4.78, 5) is 11.5. The highest BCUT2D eigenvalue weighted by Crippen LogP contribution is 2.21. The van der Waals surface area contributed by atoms with Gasteiger partial charge in [-0.15, -0.1) is 0 Å². The van der Waals surface area contributed by atoms with E-state index in [0.717, 1.165) is 25.0 Å². The lowest BCUT2D eigenvalue weighted by molar-refractivity contribution is -0.0394. The molecule has 1 aliphatic heterocycles. The van der Waals surface area contributed by atoms with Crippen LogP contribution in [0.1, 0.15) is 51.8 Å². The van der Waals surface area contributed by atoms with E-state index in [-0.39, 0.29) is 6.23 Å². The molecule has 1 aromatic heterocycles. The monoisotopic (exact) mass is 307 g/mol. The molecule has 6 nitrogen and oxygen atoms in total. The molecule has 0 saturated carbocycles. The van der Waals surface area contributed by atoms with Crippen LogP contribution in [0.15, 0.2) is 18.5 Å². The molecule has 2 heterocycles. The van der Waals surface area contributed by atoms with Crippen molar-refractivity contribution in [2.75, 3.05) is 13.2 Å². The third kappa shape index (κ3) is 5.52. The minimum absolute atomic E-state index is 0.0517. The second-order valence-corrected chi connectivity index (χ2v) is 6.36. The van der Waals surface area contributed by atoms with Gasteiger partial charge in [0.25, 0.3) is 0 Å². The molecule has 1 aromatic rings. The maximum Gasteiger partial charge on any atom is 0.407 e. The van der Waals surface area contributed by atoms with Crippen molar-refractivity contribution in [1.29, 1.82) is 0 Å². The fourth-order valence-corrected chi connectivity index (χ4v) is 2.18. The highest BCUT2D eigenvalue weighted by atomic mass is 16.6. The average Bonchev–Trinajstić information content (AvgIpc) is 2.91. The van der Waals surface area contributed by atoms with Crippen LogP contribution < -0.4 is 5.32 Å². The number of carbonyl (C=O) groups excluding carboxylic acids is 1. The maximum absolute atomic E-state index is 11.5. The Hall–Kier alpha value is -1.82. The molecule has 0 radical (unpaired) electrons. The normalized spacial score (nSPS) is 19.3. The summed E-state index contributed by atoms with van der Waals surface area (Å²) in [6, 6.07) is 0. The van der Waals surface area contributed by atoms with Crippen LogP contribution in [0.5, 0.6) is 0 Å². The zero-order valence-electron chi connectivity index (χ0n) is 13.5. The van der Waals surface area contributed by atoms with Crippen molar-refractivity contribution >= 4 is 12.2 Å². The minimum atomic E-state index is -0.477. The fourth-order valence-electron chi connectivity index (χ4n) is 2.18. The molecule has 1 N–H and O–H groups in total. The number of hydrogen-bond donors (Lipinski definition) is 1.